The lowest BCUT2D eigenvalue weighted by Gasteiger charge is -2.28. The minimum atomic E-state index is -1.28. The predicted molar refractivity (Wildman–Crippen MR) is 134 cm³/mol. The van der Waals surface area contributed by atoms with Crippen molar-refractivity contribution in [2.24, 2.45) is 0 Å². The fraction of sp³-hybridized carbons (Fsp3) is 0.148. The van der Waals surface area contributed by atoms with E-state index in [0.29, 0.717) is 34.7 Å². The molecule has 10 heteroatoms. The highest BCUT2D eigenvalue weighted by Gasteiger charge is 2.37. The minimum Gasteiger partial charge on any atom is -0.478 e. The Hall–Kier alpha value is -4.99. The van der Waals surface area contributed by atoms with Crippen molar-refractivity contribution in [3.8, 4) is 5.69 Å². The Morgan fingerprint density at radius 2 is 1.57 bits per heavy atom. The first kappa shape index (κ1) is 25.1. The van der Waals surface area contributed by atoms with Crippen LogP contribution >= 0.6 is 0 Å². The van der Waals surface area contributed by atoms with Gasteiger partial charge in [-0.05, 0) is 67.8 Å². The lowest BCUT2D eigenvalue weighted by molar-refractivity contribution is -0.122. The van der Waals surface area contributed by atoms with Crippen molar-refractivity contribution in [1.82, 2.24) is 9.88 Å². The van der Waals surface area contributed by atoms with Crippen LogP contribution in [0.2, 0.25) is 0 Å². The topological polar surface area (TPSA) is 146 Å². The van der Waals surface area contributed by atoms with Crippen LogP contribution in [0.5, 0.6) is 0 Å². The summed E-state index contributed by atoms with van der Waals surface area (Å²) in [6, 6.07) is 11.5. The smallest absolute Gasteiger partial charge is 0.335 e. The SMILES string of the molecule is CCc1ccccc1N1C(=O)NC(=O)/C(=C\c2cc(C)n(-c3cc(C(=O)O)cc(C(=O)O)c3)c2C)C1=O. The number of imide groups is 2. The Morgan fingerprint density at radius 1 is 0.946 bits per heavy atom. The molecule has 4 amide bonds. The zero-order valence-electron chi connectivity index (χ0n) is 20.2. The molecule has 10 nitrogen and oxygen atoms in total. The number of amides is 4. The minimum absolute atomic E-state index is 0.201. The van der Waals surface area contributed by atoms with Gasteiger partial charge in [0.2, 0.25) is 0 Å². The van der Waals surface area contributed by atoms with Crippen molar-refractivity contribution >= 4 is 41.5 Å². The molecule has 2 aromatic carbocycles. The number of carbonyl (C=O) groups is 5. The number of para-hydroxylation sites is 1. The molecule has 1 saturated heterocycles. The van der Waals surface area contributed by atoms with Gasteiger partial charge in [0.1, 0.15) is 5.57 Å². The normalized spacial score (nSPS) is 14.7. The first-order chi connectivity index (χ1) is 17.5. The molecule has 4 rings (SSSR count). The second-order valence-electron chi connectivity index (χ2n) is 8.48. The molecular weight excluding hydrogens is 478 g/mol. The third-order valence-corrected chi connectivity index (χ3v) is 6.16. The molecule has 0 bridgehead atoms. The molecule has 0 unspecified atom stereocenters. The second-order valence-corrected chi connectivity index (χ2v) is 8.48. The summed E-state index contributed by atoms with van der Waals surface area (Å²) >= 11 is 0. The van der Waals surface area contributed by atoms with Crippen LogP contribution in [0, 0.1) is 13.8 Å². The number of carboxylic acids is 2. The molecule has 188 valence electrons. The number of benzene rings is 2. The summed E-state index contributed by atoms with van der Waals surface area (Å²) in [5, 5.41) is 21.1. The Bertz CT molecular complexity index is 1500. The van der Waals surface area contributed by atoms with Crippen molar-refractivity contribution in [1.29, 1.82) is 0 Å². The van der Waals surface area contributed by atoms with Crippen molar-refractivity contribution in [3.63, 3.8) is 0 Å². The van der Waals surface area contributed by atoms with Crippen LogP contribution in [0.25, 0.3) is 11.8 Å². The Balaban J connectivity index is 1.82. The van der Waals surface area contributed by atoms with Gasteiger partial charge in [0.15, 0.2) is 0 Å². The summed E-state index contributed by atoms with van der Waals surface area (Å²) < 4.78 is 1.63. The van der Waals surface area contributed by atoms with Crippen molar-refractivity contribution in [3.05, 3.63) is 87.7 Å². The molecule has 0 saturated carbocycles. The van der Waals surface area contributed by atoms with Gasteiger partial charge in [-0.25, -0.2) is 19.3 Å². The summed E-state index contributed by atoms with van der Waals surface area (Å²) in [4.78, 5) is 62.7. The number of carbonyl (C=O) groups excluding carboxylic acids is 3. The number of rotatable bonds is 6. The molecule has 3 aromatic rings. The third kappa shape index (κ3) is 4.52. The van der Waals surface area contributed by atoms with Crippen LogP contribution < -0.4 is 10.2 Å². The van der Waals surface area contributed by atoms with Crippen LogP contribution in [0.1, 0.15) is 50.2 Å². The molecule has 3 N–H and O–H groups in total. The van der Waals surface area contributed by atoms with E-state index in [1.807, 2.05) is 6.92 Å². The molecule has 0 radical (unpaired) electrons. The Morgan fingerprint density at radius 3 is 2.16 bits per heavy atom. The standard InChI is InChI=1S/C27H23N3O7/c1-4-16-7-5-6-8-22(16)30-24(32)21(23(31)28-27(30)37)13-17-9-14(2)29(15(17)3)20-11-18(25(33)34)10-19(12-20)26(35)36/h5-13H,4H2,1-3H3,(H,33,34)(H,35,36)(H,28,31,37)/b21-13+. The van der Waals surface area contributed by atoms with Gasteiger partial charge in [0, 0.05) is 17.1 Å². The molecule has 37 heavy (non-hydrogen) atoms. The summed E-state index contributed by atoms with van der Waals surface area (Å²) in [5.74, 6) is -4.18. The number of urea groups is 1. The largest absolute Gasteiger partial charge is 0.478 e. The van der Waals surface area contributed by atoms with Crippen LogP contribution in [-0.4, -0.2) is 44.6 Å². The quantitative estimate of drug-likeness (QED) is 0.345. The molecule has 0 aliphatic carbocycles. The predicted octanol–water partition coefficient (Wildman–Crippen LogP) is 3.72. The fourth-order valence-corrected chi connectivity index (χ4v) is 4.38. The lowest BCUT2D eigenvalue weighted by Crippen LogP contribution is -2.54. The summed E-state index contributed by atoms with van der Waals surface area (Å²) in [6.45, 7) is 5.30. The van der Waals surface area contributed by atoms with E-state index in [1.165, 1.54) is 18.2 Å². The molecule has 1 aliphatic heterocycles. The van der Waals surface area contributed by atoms with E-state index in [4.69, 9.17) is 0 Å². The Kier molecular flexibility index (Phi) is 6.50. The van der Waals surface area contributed by atoms with Gasteiger partial charge in [-0.1, -0.05) is 25.1 Å². The molecule has 0 atom stereocenters. The summed E-state index contributed by atoms with van der Waals surface area (Å²) in [5.41, 5.74) is 2.38. The first-order valence-electron chi connectivity index (χ1n) is 11.3. The first-order valence-corrected chi connectivity index (χ1v) is 11.3. The van der Waals surface area contributed by atoms with Gasteiger partial charge in [0.25, 0.3) is 11.8 Å². The van der Waals surface area contributed by atoms with E-state index in [1.54, 1.807) is 48.7 Å². The Labute approximate surface area is 211 Å². The number of anilines is 1. The zero-order chi connectivity index (χ0) is 27.0. The number of carboxylic acid groups (broad SMARTS) is 2. The summed E-state index contributed by atoms with van der Waals surface area (Å²) in [6.07, 6.45) is 1.93. The molecular formula is C27H23N3O7. The van der Waals surface area contributed by atoms with Gasteiger partial charge in [-0.2, -0.15) is 0 Å². The van der Waals surface area contributed by atoms with E-state index < -0.39 is 29.8 Å². The molecule has 1 fully saturated rings. The average Bonchev–Trinajstić information content (AvgIpc) is 3.13. The molecule has 0 spiro atoms. The highest BCUT2D eigenvalue weighted by molar-refractivity contribution is 6.39. The second kappa shape index (κ2) is 9.57. The van der Waals surface area contributed by atoms with Crippen molar-refractivity contribution in [2.75, 3.05) is 4.90 Å². The van der Waals surface area contributed by atoms with Gasteiger partial charge in [-0.15, -0.1) is 0 Å². The van der Waals surface area contributed by atoms with Crippen molar-refractivity contribution in [2.45, 2.75) is 27.2 Å². The maximum atomic E-state index is 13.4. The monoisotopic (exact) mass is 501 g/mol. The molecule has 2 heterocycles. The number of barbiturate groups is 1. The highest BCUT2D eigenvalue weighted by atomic mass is 16.4. The van der Waals surface area contributed by atoms with E-state index >= 15 is 0 Å². The molecule has 1 aromatic heterocycles. The lowest BCUT2D eigenvalue weighted by atomic mass is 10.0. The number of aromatic carboxylic acids is 2. The number of aromatic nitrogens is 1. The van der Waals surface area contributed by atoms with Gasteiger partial charge < -0.3 is 14.8 Å². The third-order valence-electron chi connectivity index (χ3n) is 6.16. The number of aryl methyl sites for hydroxylation is 2. The maximum absolute atomic E-state index is 13.4. The van der Waals surface area contributed by atoms with Crippen molar-refractivity contribution < 1.29 is 34.2 Å². The van der Waals surface area contributed by atoms with Crippen LogP contribution in [-0.2, 0) is 16.0 Å². The summed E-state index contributed by atoms with van der Waals surface area (Å²) in [7, 11) is 0. The van der Waals surface area contributed by atoms with E-state index in [9.17, 15) is 34.2 Å². The zero-order valence-corrected chi connectivity index (χ0v) is 20.2. The van der Waals surface area contributed by atoms with Gasteiger partial charge >= 0.3 is 18.0 Å². The van der Waals surface area contributed by atoms with E-state index in [0.717, 1.165) is 16.5 Å². The van der Waals surface area contributed by atoms with E-state index in [-0.39, 0.29) is 16.7 Å². The number of nitrogens with one attached hydrogen (secondary N) is 1. The van der Waals surface area contributed by atoms with Crippen LogP contribution in [0.4, 0.5) is 10.5 Å². The van der Waals surface area contributed by atoms with E-state index in [2.05, 4.69) is 5.32 Å². The molecule has 1 aliphatic rings. The highest BCUT2D eigenvalue weighted by Crippen LogP contribution is 2.28. The number of hydrogen-bond donors (Lipinski definition) is 3. The van der Waals surface area contributed by atoms with Gasteiger partial charge in [0.05, 0.1) is 16.8 Å². The fourth-order valence-electron chi connectivity index (χ4n) is 4.38. The van der Waals surface area contributed by atoms with Crippen LogP contribution in [0.3, 0.4) is 0 Å². The average molecular weight is 501 g/mol. The number of hydrogen-bond acceptors (Lipinski definition) is 5. The van der Waals surface area contributed by atoms with Gasteiger partial charge in [-0.3, -0.25) is 14.9 Å². The maximum Gasteiger partial charge on any atom is 0.335 e. The van der Waals surface area contributed by atoms with Crippen LogP contribution in [0.15, 0.2) is 54.1 Å². The number of nitrogens with zero attached hydrogens (tertiary/aromatic N) is 2.